The van der Waals surface area contributed by atoms with E-state index in [1.165, 1.54) is 6.07 Å². The number of hydrogen-bond acceptors (Lipinski definition) is 4. The maximum atomic E-state index is 12.2. The molecule has 0 bridgehead atoms. The van der Waals surface area contributed by atoms with Crippen molar-refractivity contribution in [1.82, 2.24) is 0 Å². The minimum Gasteiger partial charge on any atom is -0.478 e. The van der Waals surface area contributed by atoms with Gasteiger partial charge in [0.15, 0.2) is 11.5 Å². The Morgan fingerprint density at radius 1 is 1.53 bits per heavy atom. The molecule has 1 heterocycles. The number of carboxylic acids is 1. The lowest BCUT2D eigenvalue weighted by Crippen LogP contribution is -2.06. The molecule has 0 atom stereocenters. The van der Waals surface area contributed by atoms with Crippen LogP contribution in [0.4, 0.5) is 8.78 Å². The predicted octanol–water partition coefficient (Wildman–Crippen LogP) is 2.48. The van der Waals surface area contributed by atoms with Crippen LogP contribution < -0.4 is 14.2 Å². The lowest BCUT2D eigenvalue weighted by Gasteiger charge is -2.11. The Morgan fingerprint density at radius 3 is 2.82 bits per heavy atom. The molecule has 0 saturated heterocycles. The van der Waals surface area contributed by atoms with Crippen LogP contribution in [-0.4, -0.2) is 24.5 Å². The lowest BCUT2D eigenvalue weighted by molar-refractivity contribution is -0.0519. The first-order valence-electron chi connectivity index (χ1n) is 4.31. The number of benzene rings is 1. The lowest BCUT2D eigenvalue weighted by atomic mass is 10.2. The zero-order chi connectivity index (χ0) is 12.6. The van der Waals surface area contributed by atoms with Gasteiger partial charge >= 0.3 is 12.6 Å². The number of carbonyl (C=O) groups is 1. The normalized spacial score (nSPS) is 12.9. The van der Waals surface area contributed by atoms with Crippen molar-refractivity contribution in [2.24, 2.45) is 0 Å². The molecule has 0 saturated carbocycles. The molecule has 92 valence electrons. The van der Waals surface area contributed by atoms with Crippen molar-refractivity contribution < 1.29 is 32.9 Å². The smallest absolute Gasteiger partial charge is 0.387 e. The van der Waals surface area contributed by atoms with Crippen LogP contribution in [0.15, 0.2) is 10.5 Å². The molecule has 0 amide bonds. The van der Waals surface area contributed by atoms with Crippen LogP contribution >= 0.6 is 15.9 Å². The second kappa shape index (κ2) is 4.36. The molecule has 0 fully saturated rings. The predicted molar refractivity (Wildman–Crippen MR) is 53.9 cm³/mol. The molecule has 1 aromatic carbocycles. The number of halogens is 3. The van der Waals surface area contributed by atoms with Crippen LogP contribution in [0.25, 0.3) is 0 Å². The molecule has 1 aromatic rings. The van der Waals surface area contributed by atoms with Crippen LogP contribution in [0.3, 0.4) is 0 Å². The Morgan fingerprint density at radius 2 is 2.24 bits per heavy atom. The highest BCUT2D eigenvalue weighted by Crippen LogP contribution is 2.47. The minimum atomic E-state index is -3.09. The van der Waals surface area contributed by atoms with E-state index in [4.69, 9.17) is 14.6 Å². The number of hydrogen-bond donors (Lipinski definition) is 1. The van der Waals surface area contributed by atoms with Crippen molar-refractivity contribution in [2.75, 3.05) is 6.79 Å². The van der Waals surface area contributed by atoms with Crippen molar-refractivity contribution in [3.63, 3.8) is 0 Å². The zero-order valence-corrected chi connectivity index (χ0v) is 9.66. The van der Waals surface area contributed by atoms with Crippen molar-refractivity contribution >= 4 is 21.9 Å². The first kappa shape index (κ1) is 11.9. The second-order valence-corrected chi connectivity index (χ2v) is 3.78. The number of aromatic carboxylic acids is 1. The Hall–Kier alpha value is -1.57. The maximum Gasteiger partial charge on any atom is 0.387 e. The molecular formula is C9H5BrF2O5. The summed E-state index contributed by atoms with van der Waals surface area (Å²) >= 11 is 2.89. The Labute approximate surface area is 102 Å². The third-order valence-corrected chi connectivity index (χ3v) is 2.78. The molecule has 8 heteroatoms. The van der Waals surface area contributed by atoms with Crippen LogP contribution in [0.5, 0.6) is 17.2 Å². The highest BCUT2D eigenvalue weighted by atomic mass is 79.9. The Kier molecular flexibility index (Phi) is 3.05. The molecule has 1 N–H and O–H groups in total. The van der Waals surface area contributed by atoms with E-state index < -0.39 is 12.6 Å². The molecule has 0 unspecified atom stereocenters. The van der Waals surface area contributed by atoms with E-state index in [2.05, 4.69) is 20.7 Å². The van der Waals surface area contributed by atoms with Crippen molar-refractivity contribution in [1.29, 1.82) is 0 Å². The van der Waals surface area contributed by atoms with E-state index in [0.29, 0.717) is 0 Å². The van der Waals surface area contributed by atoms with E-state index in [1.54, 1.807) is 0 Å². The van der Waals surface area contributed by atoms with Gasteiger partial charge in [-0.05, 0) is 15.9 Å². The largest absolute Gasteiger partial charge is 0.478 e. The van der Waals surface area contributed by atoms with E-state index in [9.17, 15) is 13.6 Å². The first-order chi connectivity index (χ1) is 8.00. The highest BCUT2D eigenvalue weighted by molar-refractivity contribution is 9.10. The maximum absolute atomic E-state index is 12.2. The first-order valence-corrected chi connectivity index (χ1v) is 5.10. The molecular weight excluding hydrogens is 306 g/mol. The quantitative estimate of drug-likeness (QED) is 0.929. The summed E-state index contributed by atoms with van der Waals surface area (Å²) in [7, 11) is 0. The fraction of sp³-hybridized carbons (Fsp3) is 0.222. The molecule has 2 rings (SSSR count). The van der Waals surface area contributed by atoms with Gasteiger partial charge in [0.25, 0.3) is 0 Å². The molecule has 1 aliphatic heterocycles. The summed E-state index contributed by atoms with van der Waals surface area (Å²) in [4.78, 5) is 10.9. The van der Waals surface area contributed by atoms with Gasteiger partial charge < -0.3 is 19.3 Å². The van der Waals surface area contributed by atoms with E-state index in [1.807, 2.05) is 0 Å². The summed E-state index contributed by atoms with van der Waals surface area (Å²) in [5, 5.41) is 8.89. The highest BCUT2D eigenvalue weighted by Gasteiger charge is 2.28. The summed E-state index contributed by atoms with van der Waals surface area (Å²) in [6, 6.07) is 1.17. The van der Waals surface area contributed by atoms with Gasteiger partial charge in [-0.25, -0.2) is 4.79 Å². The topological polar surface area (TPSA) is 65.0 Å². The van der Waals surface area contributed by atoms with Crippen molar-refractivity contribution in [2.45, 2.75) is 6.61 Å². The van der Waals surface area contributed by atoms with Gasteiger partial charge in [-0.1, -0.05) is 0 Å². The average Bonchev–Trinajstić information content (AvgIpc) is 2.68. The Balaban J connectivity index is 2.58. The van der Waals surface area contributed by atoms with Gasteiger partial charge in [0.1, 0.15) is 0 Å². The van der Waals surface area contributed by atoms with Gasteiger partial charge in [-0.3, -0.25) is 0 Å². The summed E-state index contributed by atoms with van der Waals surface area (Å²) in [5.41, 5.74) is -0.245. The van der Waals surface area contributed by atoms with Crippen LogP contribution in [0.2, 0.25) is 0 Å². The molecule has 0 aromatic heterocycles. The number of alkyl halides is 2. The van der Waals surface area contributed by atoms with E-state index in [0.717, 1.165) is 0 Å². The molecule has 0 spiro atoms. The fourth-order valence-electron chi connectivity index (χ4n) is 1.34. The van der Waals surface area contributed by atoms with Gasteiger partial charge in [0, 0.05) is 6.07 Å². The molecule has 0 radical (unpaired) electrons. The van der Waals surface area contributed by atoms with Crippen LogP contribution in [0, 0.1) is 0 Å². The molecule has 1 aliphatic rings. The SMILES string of the molecule is O=C(O)c1cc2c(c(OC(F)F)c1Br)OCO2. The van der Waals surface area contributed by atoms with Crippen LogP contribution in [-0.2, 0) is 0 Å². The summed E-state index contributed by atoms with van der Waals surface area (Å²) in [5.74, 6) is -1.66. The number of rotatable bonds is 3. The van der Waals surface area contributed by atoms with Gasteiger partial charge in [-0.15, -0.1) is 0 Å². The van der Waals surface area contributed by atoms with Crippen molar-refractivity contribution in [3.8, 4) is 17.2 Å². The number of carboxylic acid groups (broad SMARTS) is 1. The molecule has 5 nitrogen and oxygen atoms in total. The van der Waals surface area contributed by atoms with Gasteiger partial charge in [0.05, 0.1) is 10.0 Å². The summed E-state index contributed by atoms with van der Waals surface area (Å²) in [6.45, 7) is -3.27. The molecule has 0 aliphatic carbocycles. The summed E-state index contributed by atoms with van der Waals surface area (Å²) < 4.78 is 38.4. The van der Waals surface area contributed by atoms with Crippen LogP contribution in [0.1, 0.15) is 10.4 Å². The van der Waals surface area contributed by atoms with Gasteiger partial charge in [0.2, 0.25) is 12.5 Å². The average molecular weight is 311 g/mol. The third kappa shape index (κ3) is 2.12. The zero-order valence-electron chi connectivity index (χ0n) is 8.08. The van der Waals surface area contributed by atoms with Gasteiger partial charge in [-0.2, -0.15) is 8.78 Å². The molecule has 17 heavy (non-hydrogen) atoms. The number of ether oxygens (including phenoxy) is 3. The van der Waals surface area contributed by atoms with E-state index in [-0.39, 0.29) is 34.1 Å². The monoisotopic (exact) mass is 310 g/mol. The fourth-order valence-corrected chi connectivity index (χ4v) is 1.90. The summed E-state index contributed by atoms with van der Waals surface area (Å²) in [6.07, 6.45) is 0. The minimum absolute atomic E-state index is 0.0397. The second-order valence-electron chi connectivity index (χ2n) is 2.98. The van der Waals surface area contributed by atoms with E-state index >= 15 is 0 Å². The Bertz CT molecular complexity index is 477. The van der Waals surface area contributed by atoms with Crippen molar-refractivity contribution in [3.05, 3.63) is 16.1 Å². The third-order valence-electron chi connectivity index (χ3n) is 2.00. The standard InChI is InChI=1S/C9H5BrF2O5/c10-5-3(8(13)14)1-4-6(16-2-15-4)7(5)17-9(11)12/h1,9H,2H2,(H,13,14). The number of fused-ring (bicyclic) bond motifs is 1.